The topological polar surface area (TPSA) is 56.0 Å². The molecule has 0 aliphatic heterocycles. The van der Waals surface area contributed by atoms with Crippen LogP contribution in [0.1, 0.15) is 44.4 Å². The van der Waals surface area contributed by atoms with Crippen LogP contribution in [-0.4, -0.2) is 17.8 Å². The highest BCUT2D eigenvalue weighted by molar-refractivity contribution is 5.32. The summed E-state index contributed by atoms with van der Waals surface area (Å²) in [4.78, 5) is 0. The molecule has 0 fully saturated rings. The van der Waals surface area contributed by atoms with Crippen LogP contribution in [0.4, 0.5) is 0 Å². The maximum Gasteiger partial charge on any atom is 0.0991 e. The van der Waals surface area contributed by atoms with Gasteiger partial charge < -0.3 is 10.4 Å². The van der Waals surface area contributed by atoms with Crippen LogP contribution in [0.3, 0.4) is 0 Å². The summed E-state index contributed by atoms with van der Waals surface area (Å²) >= 11 is 0. The van der Waals surface area contributed by atoms with Gasteiger partial charge in [0.1, 0.15) is 0 Å². The molecule has 0 bridgehead atoms. The highest BCUT2D eigenvalue weighted by atomic mass is 16.3. The number of aliphatic hydroxyl groups is 1. The van der Waals surface area contributed by atoms with Crippen LogP contribution < -0.4 is 5.32 Å². The number of nitriles is 1. The number of hydrogen-bond acceptors (Lipinski definition) is 3. The first kappa shape index (κ1) is 14.7. The van der Waals surface area contributed by atoms with E-state index in [1.54, 1.807) is 0 Å². The lowest BCUT2D eigenvalue weighted by molar-refractivity contribution is 0.237. The fourth-order valence-corrected chi connectivity index (χ4v) is 2.01. The van der Waals surface area contributed by atoms with Gasteiger partial charge in [0, 0.05) is 18.7 Å². The third-order valence-electron chi connectivity index (χ3n) is 3.25. The van der Waals surface area contributed by atoms with Crippen molar-refractivity contribution in [2.45, 2.75) is 39.3 Å². The zero-order valence-corrected chi connectivity index (χ0v) is 11.4. The van der Waals surface area contributed by atoms with Gasteiger partial charge in [-0.3, -0.25) is 0 Å². The summed E-state index contributed by atoms with van der Waals surface area (Å²) in [6.45, 7) is 6.61. The van der Waals surface area contributed by atoms with E-state index in [0.717, 1.165) is 12.0 Å². The van der Waals surface area contributed by atoms with Crippen molar-refractivity contribution in [3.05, 3.63) is 35.4 Å². The second-order valence-corrected chi connectivity index (χ2v) is 4.98. The first-order valence-electron chi connectivity index (χ1n) is 6.45. The molecule has 0 saturated carbocycles. The fraction of sp³-hybridized carbons (Fsp3) is 0.533. The predicted molar refractivity (Wildman–Crippen MR) is 73.0 cm³/mol. The molecule has 0 amide bonds. The van der Waals surface area contributed by atoms with Crippen molar-refractivity contribution in [2.75, 3.05) is 6.61 Å². The molecule has 2 atom stereocenters. The van der Waals surface area contributed by atoms with Gasteiger partial charge in [-0.1, -0.05) is 26.0 Å². The lowest BCUT2D eigenvalue weighted by Gasteiger charge is -2.26. The maximum absolute atomic E-state index is 9.06. The lowest BCUT2D eigenvalue weighted by atomic mass is 9.98. The highest BCUT2D eigenvalue weighted by Gasteiger charge is 2.16. The van der Waals surface area contributed by atoms with E-state index in [4.69, 9.17) is 10.4 Å². The van der Waals surface area contributed by atoms with Crippen molar-refractivity contribution >= 4 is 0 Å². The molecule has 0 spiro atoms. The minimum Gasteiger partial charge on any atom is -0.396 e. The molecule has 0 radical (unpaired) electrons. The average molecular weight is 246 g/mol. The molecule has 1 rings (SSSR count). The van der Waals surface area contributed by atoms with Crippen LogP contribution in [0.5, 0.6) is 0 Å². The molecular weight excluding hydrogens is 224 g/mol. The minimum atomic E-state index is 0.204. The van der Waals surface area contributed by atoms with Crippen molar-refractivity contribution in [1.82, 2.24) is 5.32 Å². The predicted octanol–water partition coefficient (Wildman–Crippen LogP) is 2.62. The Morgan fingerprint density at radius 1 is 1.22 bits per heavy atom. The van der Waals surface area contributed by atoms with Crippen molar-refractivity contribution < 1.29 is 5.11 Å². The van der Waals surface area contributed by atoms with Gasteiger partial charge in [0.25, 0.3) is 0 Å². The molecule has 18 heavy (non-hydrogen) atoms. The Bertz CT molecular complexity index is 392. The van der Waals surface area contributed by atoms with Gasteiger partial charge in [0.15, 0.2) is 0 Å². The average Bonchev–Trinajstić information content (AvgIpc) is 2.38. The summed E-state index contributed by atoms with van der Waals surface area (Å²) in [5.41, 5.74) is 1.85. The van der Waals surface area contributed by atoms with Crippen LogP contribution in [0.25, 0.3) is 0 Å². The minimum absolute atomic E-state index is 0.204. The van der Waals surface area contributed by atoms with Crippen molar-refractivity contribution in [1.29, 1.82) is 5.26 Å². The van der Waals surface area contributed by atoms with Crippen LogP contribution in [0.2, 0.25) is 0 Å². The van der Waals surface area contributed by atoms with E-state index in [1.807, 2.05) is 24.3 Å². The monoisotopic (exact) mass is 246 g/mol. The normalized spacial score (nSPS) is 14.2. The molecule has 98 valence electrons. The molecular formula is C15H22N2O. The standard InChI is InChI=1S/C15H22N2O/c1-11(2)15(8-9-18)17-12(3)14-6-4-13(10-16)5-7-14/h4-7,11-12,15,17-18H,8-9H2,1-3H3. The second-order valence-electron chi connectivity index (χ2n) is 4.98. The molecule has 0 aliphatic carbocycles. The third kappa shape index (κ3) is 4.14. The Morgan fingerprint density at radius 2 is 1.83 bits per heavy atom. The van der Waals surface area contributed by atoms with Gasteiger partial charge in [0.05, 0.1) is 11.6 Å². The fourth-order valence-electron chi connectivity index (χ4n) is 2.01. The Hall–Kier alpha value is -1.37. The van der Waals surface area contributed by atoms with E-state index in [9.17, 15) is 0 Å². The van der Waals surface area contributed by atoms with Gasteiger partial charge in [-0.15, -0.1) is 0 Å². The Morgan fingerprint density at radius 3 is 2.28 bits per heavy atom. The number of benzene rings is 1. The molecule has 1 aromatic rings. The van der Waals surface area contributed by atoms with Crippen LogP contribution in [0.15, 0.2) is 24.3 Å². The van der Waals surface area contributed by atoms with Crippen molar-refractivity contribution in [3.8, 4) is 6.07 Å². The largest absolute Gasteiger partial charge is 0.396 e. The Kier molecular flexibility index (Phi) is 5.84. The number of aliphatic hydroxyl groups excluding tert-OH is 1. The first-order valence-corrected chi connectivity index (χ1v) is 6.45. The first-order chi connectivity index (χ1) is 8.58. The van der Waals surface area contributed by atoms with E-state index >= 15 is 0 Å². The Balaban J connectivity index is 2.68. The van der Waals surface area contributed by atoms with E-state index in [2.05, 4.69) is 32.2 Å². The van der Waals surface area contributed by atoms with E-state index in [1.165, 1.54) is 0 Å². The van der Waals surface area contributed by atoms with Gasteiger partial charge >= 0.3 is 0 Å². The quantitative estimate of drug-likeness (QED) is 0.811. The van der Waals surface area contributed by atoms with Crippen LogP contribution in [-0.2, 0) is 0 Å². The summed E-state index contributed by atoms with van der Waals surface area (Å²) in [6.07, 6.45) is 0.762. The Labute approximate surface area is 109 Å². The third-order valence-corrected chi connectivity index (χ3v) is 3.25. The zero-order valence-electron chi connectivity index (χ0n) is 11.4. The molecule has 0 saturated heterocycles. The molecule has 2 N–H and O–H groups in total. The van der Waals surface area contributed by atoms with Crippen molar-refractivity contribution in [2.24, 2.45) is 5.92 Å². The molecule has 0 aromatic heterocycles. The van der Waals surface area contributed by atoms with Gasteiger partial charge in [0.2, 0.25) is 0 Å². The molecule has 2 unspecified atom stereocenters. The maximum atomic E-state index is 9.06. The SMILES string of the molecule is CC(NC(CCO)C(C)C)c1ccc(C#N)cc1. The van der Waals surface area contributed by atoms with Crippen LogP contribution in [0, 0.1) is 17.2 Å². The van der Waals surface area contributed by atoms with Gasteiger partial charge in [-0.05, 0) is 37.0 Å². The summed E-state index contributed by atoms with van der Waals surface area (Å²) in [5, 5.41) is 21.4. The highest BCUT2D eigenvalue weighted by Crippen LogP contribution is 2.17. The molecule has 1 aromatic carbocycles. The number of nitrogens with zero attached hydrogens (tertiary/aromatic N) is 1. The summed E-state index contributed by atoms with van der Waals surface area (Å²) in [7, 11) is 0. The second kappa shape index (κ2) is 7.15. The molecule has 3 heteroatoms. The van der Waals surface area contributed by atoms with Gasteiger partial charge in [-0.25, -0.2) is 0 Å². The molecule has 0 aliphatic rings. The summed E-state index contributed by atoms with van der Waals surface area (Å²) in [5.74, 6) is 0.484. The summed E-state index contributed by atoms with van der Waals surface area (Å²) in [6, 6.07) is 10.3. The number of rotatable bonds is 6. The number of nitrogens with one attached hydrogen (secondary N) is 1. The smallest absolute Gasteiger partial charge is 0.0991 e. The zero-order chi connectivity index (χ0) is 13.5. The van der Waals surface area contributed by atoms with E-state index < -0.39 is 0 Å². The van der Waals surface area contributed by atoms with Crippen molar-refractivity contribution in [3.63, 3.8) is 0 Å². The van der Waals surface area contributed by atoms with Crippen LogP contribution >= 0.6 is 0 Å². The number of hydrogen-bond donors (Lipinski definition) is 2. The molecule has 0 heterocycles. The van der Waals surface area contributed by atoms with E-state index in [-0.39, 0.29) is 12.6 Å². The molecule has 3 nitrogen and oxygen atoms in total. The lowest BCUT2D eigenvalue weighted by Crippen LogP contribution is -2.36. The van der Waals surface area contributed by atoms with E-state index in [0.29, 0.717) is 17.5 Å². The van der Waals surface area contributed by atoms with Gasteiger partial charge in [-0.2, -0.15) is 5.26 Å². The summed E-state index contributed by atoms with van der Waals surface area (Å²) < 4.78 is 0.